The van der Waals surface area contributed by atoms with Gasteiger partial charge in [0, 0.05) is 11.7 Å². The molecule has 0 unspecified atom stereocenters. The van der Waals surface area contributed by atoms with E-state index in [0.29, 0.717) is 5.02 Å². The second kappa shape index (κ2) is 3.98. The second-order valence-corrected chi connectivity index (χ2v) is 6.21. The Kier molecular flexibility index (Phi) is 2.72. The lowest BCUT2D eigenvalue weighted by atomic mass is 9.79. The summed E-state index contributed by atoms with van der Waals surface area (Å²) < 4.78 is 13.8. The summed E-state index contributed by atoms with van der Waals surface area (Å²) >= 11 is 6.43. The maximum absolute atomic E-state index is 6.43. The molecule has 0 aromatic carbocycles. The molecule has 100 valence electrons. The monoisotopic (exact) mass is 278 g/mol. The van der Waals surface area contributed by atoms with Crippen LogP contribution in [0.25, 0.3) is 5.52 Å². The van der Waals surface area contributed by atoms with Gasteiger partial charge in [0.25, 0.3) is 0 Å². The number of nitrogens with zero attached hydrogens (tertiary/aromatic N) is 2. The van der Waals surface area contributed by atoms with Crippen LogP contribution in [0.5, 0.6) is 0 Å². The van der Waals surface area contributed by atoms with Crippen molar-refractivity contribution in [3.8, 4) is 0 Å². The molecule has 1 saturated heterocycles. The minimum Gasteiger partial charge on any atom is -0.399 e. The van der Waals surface area contributed by atoms with Gasteiger partial charge in [0.1, 0.15) is 0 Å². The second-order valence-electron chi connectivity index (χ2n) is 5.83. The topological polar surface area (TPSA) is 35.8 Å². The average Bonchev–Trinajstić information content (AvgIpc) is 2.83. The lowest BCUT2D eigenvalue weighted by Crippen LogP contribution is -2.41. The minimum atomic E-state index is -0.447. The van der Waals surface area contributed by atoms with Gasteiger partial charge in [0.2, 0.25) is 0 Å². The van der Waals surface area contributed by atoms with E-state index in [9.17, 15) is 0 Å². The molecular formula is C13H16BClN2O2. The molecule has 2 aromatic rings. The maximum Gasteiger partial charge on any atom is 0.496 e. The van der Waals surface area contributed by atoms with Gasteiger partial charge >= 0.3 is 7.12 Å². The van der Waals surface area contributed by atoms with Gasteiger partial charge in [-0.25, -0.2) is 4.52 Å². The van der Waals surface area contributed by atoms with Crippen molar-refractivity contribution in [2.75, 3.05) is 0 Å². The Hall–Kier alpha value is -1.04. The van der Waals surface area contributed by atoms with Crippen LogP contribution >= 0.6 is 11.6 Å². The van der Waals surface area contributed by atoms with E-state index in [1.54, 1.807) is 10.7 Å². The Labute approximate surface area is 117 Å². The Morgan fingerprint density at radius 1 is 1.16 bits per heavy atom. The predicted octanol–water partition coefficient (Wildman–Crippen LogP) is 2.29. The summed E-state index contributed by atoms with van der Waals surface area (Å²) in [5.74, 6) is 0. The molecule has 0 aliphatic carbocycles. The van der Waals surface area contributed by atoms with E-state index in [1.165, 1.54) is 0 Å². The molecule has 0 N–H and O–H groups in total. The molecule has 1 aliphatic rings. The molecular weight excluding hydrogens is 262 g/mol. The van der Waals surface area contributed by atoms with Crippen LogP contribution in [0.3, 0.4) is 0 Å². The number of hydrogen-bond donors (Lipinski definition) is 0. The number of fused-ring (bicyclic) bond motifs is 1. The molecule has 4 nitrogen and oxygen atoms in total. The fraction of sp³-hybridized carbons (Fsp3) is 0.462. The molecule has 1 aliphatic heterocycles. The quantitative estimate of drug-likeness (QED) is 0.751. The molecule has 19 heavy (non-hydrogen) atoms. The zero-order valence-corrected chi connectivity index (χ0v) is 12.2. The van der Waals surface area contributed by atoms with Crippen LogP contribution in [0, 0.1) is 0 Å². The van der Waals surface area contributed by atoms with Crippen LogP contribution < -0.4 is 5.46 Å². The fourth-order valence-corrected chi connectivity index (χ4v) is 2.43. The summed E-state index contributed by atoms with van der Waals surface area (Å²) in [6.45, 7) is 8.10. The van der Waals surface area contributed by atoms with Crippen molar-refractivity contribution in [1.29, 1.82) is 0 Å². The Balaban J connectivity index is 2.04. The van der Waals surface area contributed by atoms with E-state index in [-0.39, 0.29) is 11.2 Å². The first kappa shape index (κ1) is 13.0. The molecule has 0 amide bonds. The average molecular weight is 279 g/mol. The Bertz CT molecular complexity index is 623. The molecule has 0 bridgehead atoms. The normalized spacial score (nSPS) is 21.2. The van der Waals surface area contributed by atoms with Crippen molar-refractivity contribution < 1.29 is 9.31 Å². The van der Waals surface area contributed by atoms with E-state index in [2.05, 4.69) is 5.10 Å². The summed E-state index contributed by atoms with van der Waals surface area (Å²) in [4.78, 5) is 0. The van der Waals surface area contributed by atoms with Crippen molar-refractivity contribution in [3.05, 3.63) is 29.5 Å². The van der Waals surface area contributed by atoms with Gasteiger partial charge in [0.15, 0.2) is 0 Å². The molecule has 1 fully saturated rings. The van der Waals surface area contributed by atoms with Gasteiger partial charge in [-0.2, -0.15) is 5.10 Å². The maximum atomic E-state index is 6.43. The van der Waals surface area contributed by atoms with Crippen molar-refractivity contribution in [1.82, 2.24) is 9.61 Å². The van der Waals surface area contributed by atoms with Crippen LogP contribution in [0.15, 0.2) is 24.5 Å². The van der Waals surface area contributed by atoms with Crippen LogP contribution in [0.2, 0.25) is 5.02 Å². The van der Waals surface area contributed by atoms with Gasteiger partial charge in [-0.3, -0.25) is 0 Å². The zero-order valence-electron chi connectivity index (χ0n) is 11.5. The van der Waals surface area contributed by atoms with Crippen molar-refractivity contribution in [2.24, 2.45) is 0 Å². The summed E-state index contributed by atoms with van der Waals surface area (Å²) in [6.07, 6.45) is 3.58. The minimum absolute atomic E-state index is 0.368. The summed E-state index contributed by atoms with van der Waals surface area (Å²) in [6, 6.07) is 3.77. The lowest BCUT2D eigenvalue weighted by molar-refractivity contribution is 0.00578. The molecule has 0 saturated carbocycles. The first-order valence-electron chi connectivity index (χ1n) is 6.29. The van der Waals surface area contributed by atoms with Crippen molar-refractivity contribution in [3.63, 3.8) is 0 Å². The van der Waals surface area contributed by atoms with Crippen molar-refractivity contribution >= 4 is 29.7 Å². The Morgan fingerprint density at radius 2 is 1.79 bits per heavy atom. The highest BCUT2D eigenvalue weighted by atomic mass is 35.5. The van der Waals surface area contributed by atoms with E-state index < -0.39 is 7.12 Å². The Morgan fingerprint density at radius 3 is 2.42 bits per heavy atom. The van der Waals surface area contributed by atoms with Crippen molar-refractivity contribution in [2.45, 2.75) is 38.9 Å². The molecule has 0 radical (unpaired) electrons. The number of rotatable bonds is 1. The van der Waals surface area contributed by atoms with E-state index in [0.717, 1.165) is 11.0 Å². The molecule has 3 rings (SSSR count). The number of hydrogen-bond acceptors (Lipinski definition) is 3. The highest BCUT2D eigenvalue weighted by Crippen LogP contribution is 2.37. The molecule has 2 aromatic heterocycles. The van der Waals surface area contributed by atoms with Crippen LogP contribution in [0.4, 0.5) is 0 Å². The molecule has 3 heterocycles. The summed E-state index contributed by atoms with van der Waals surface area (Å²) in [7, 11) is -0.447. The summed E-state index contributed by atoms with van der Waals surface area (Å²) in [5.41, 5.74) is 0.961. The van der Waals surface area contributed by atoms with Gasteiger partial charge in [0.05, 0.1) is 27.9 Å². The zero-order chi connectivity index (χ0) is 13.8. The van der Waals surface area contributed by atoms with Gasteiger partial charge in [-0.1, -0.05) is 11.6 Å². The first-order valence-corrected chi connectivity index (χ1v) is 6.67. The smallest absolute Gasteiger partial charge is 0.399 e. The van der Waals surface area contributed by atoms with E-state index >= 15 is 0 Å². The SMILES string of the molecule is CC1(C)OB(c2ccn3nccc3c2Cl)OC1(C)C. The van der Waals surface area contributed by atoms with Crippen LogP contribution in [0.1, 0.15) is 27.7 Å². The number of halogens is 1. The van der Waals surface area contributed by atoms with Crippen LogP contribution in [-0.4, -0.2) is 27.9 Å². The van der Waals surface area contributed by atoms with Gasteiger partial charge in [-0.05, 0) is 39.8 Å². The third-order valence-corrected chi connectivity index (χ3v) is 4.46. The van der Waals surface area contributed by atoms with Gasteiger partial charge < -0.3 is 9.31 Å². The highest BCUT2D eigenvalue weighted by Gasteiger charge is 2.52. The molecule has 0 spiro atoms. The number of pyridine rings is 1. The standard InChI is InChI=1S/C13H16BClN2O2/c1-12(2)13(3,4)19-14(18-12)9-6-8-17-10(11(9)15)5-7-16-17/h5-8H,1-4H3. The molecule has 6 heteroatoms. The van der Waals surface area contributed by atoms with E-state index in [4.69, 9.17) is 20.9 Å². The lowest BCUT2D eigenvalue weighted by Gasteiger charge is -2.32. The highest BCUT2D eigenvalue weighted by molar-refractivity contribution is 6.66. The van der Waals surface area contributed by atoms with Crippen LogP contribution in [-0.2, 0) is 9.31 Å². The fourth-order valence-electron chi connectivity index (χ4n) is 2.13. The van der Waals surface area contributed by atoms with E-state index in [1.807, 2.05) is 46.0 Å². The van der Waals surface area contributed by atoms with Gasteiger partial charge in [-0.15, -0.1) is 0 Å². The predicted molar refractivity (Wildman–Crippen MR) is 75.9 cm³/mol. The third kappa shape index (κ3) is 1.88. The summed E-state index contributed by atoms with van der Waals surface area (Å²) in [5, 5.41) is 4.78. The first-order chi connectivity index (χ1) is 8.82. The number of aromatic nitrogens is 2. The molecule has 0 atom stereocenters. The third-order valence-electron chi connectivity index (χ3n) is 4.05. The largest absolute Gasteiger partial charge is 0.496 e.